The minimum atomic E-state index is 0.989. The van der Waals surface area contributed by atoms with E-state index in [9.17, 15) is 0 Å². The molecule has 0 aromatic carbocycles. The molecule has 0 aliphatic heterocycles. The zero-order valence-electron chi connectivity index (χ0n) is 6.44. The van der Waals surface area contributed by atoms with Crippen molar-refractivity contribution >= 4 is 5.82 Å². The van der Waals surface area contributed by atoms with Crippen LogP contribution in [0.25, 0.3) is 0 Å². The smallest absolute Gasteiger partial charge is 0.121 e. The van der Waals surface area contributed by atoms with Gasteiger partial charge in [0.25, 0.3) is 0 Å². The van der Waals surface area contributed by atoms with Crippen molar-refractivity contribution in [1.29, 1.82) is 0 Å². The van der Waals surface area contributed by atoms with Crippen LogP contribution in [-0.2, 0) is 6.42 Å². The van der Waals surface area contributed by atoms with E-state index in [0.717, 1.165) is 24.4 Å². The zero-order valence-corrected chi connectivity index (χ0v) is 6.44. The lowest BCUT2D eigenvalue weighted by Gasteiger charge is -1.87. The number of aromatic amines is 1. The highest BCUT2D eigenvalue weighted by Gasteiger charge is 1.95. The van der Waals surface area contributed by atoms with Crippen molar-refractivity contribution in [3.05, 3.63) is 11.8 Å². The standard InChI is InChI=1S/C7H13N3/c1-3-4-6-5-7(8-2)10-9-6/h5H,3-4H2,1-2H3,(H2,8,9,10). The fourth-order valence-corrected chi connectivity index (χ4v) is 0.875. The molecule has 2 N–H and O–H groups in total. The number of nitrogens with zero attached hydrogens (tertiary/aromatic N) is 1. The summed E-state index contributed by atoms with van der Waals surface area (Å²) in [4.78, 5) is 0. The van der Waals surface area contributed by atoms with E-state index in [1.165, 1.54) is 0 Å². The summed E-state index contributed by atoms with van der Waals surface area (Å²) in [6.45, 7) is 2.15. The van der Waals surface area contributed by atoms with Crippen molar-refractivity contribution in [2.75, 3.05) is 12.4 Å². The van der Waals surface area contributed by atoms with Gasteiger partial charge in [0.1, 0.15) is 5.82 Å². The highest BCUT2D eigenvalue weighted by atomic mass is 15.2. The predicted octanol–water partition coefficient (Wildman–Crippen LogP) is 1.40. The molecule has 0 bridgehead atoms. The van der Waals surface area contributed by atoms with Crippen LogP contribution in [0.15, 0.2) is 6.07 Å². The first kappa shape index (κ1) is 7.12. The van der Waals surface area contributed by atoms with Crippen molar-refractivity contribution in [3.8, 4) is 0 Å². The average Bonchev–Trinajstić information content (AvgIpc) is 2.37. The van der Waals surface area contributed by atoms with Crippen molar-refractivity contribution in [2.45, 2.75) is 19.8 Å². The molecule has 0 atom stereocenters. The quantitative estimate of drug-likeness (QED) is 0.664. The molecule has 56 valence electrons. The Morgan fingerprint density at radius 2 is 2.50 bits per heavy atom. The Labute approximate surface area is 60.8 Å². The van der Waals surface area contributed by atoms with Gasteiger partial charge in [0.15, 0.2) is 0 Å². The number of aromatic nitrogens is 2. The van der Waals surface area contributed by atoms with Gasteiger partial charge in [-0.2, -0.15) is 5.10 Å². The van der Waals surface area contributed by atoms with Gasteiger partial charge < -0.3 is 5.32 Å². The molecule has 1 aromatic heterocycles. The van der Waals surface area contributed by atoms with E-state index in [4.69, 9.17) is 0 Å². The predicted molar refractivity (Wildman–Crippen MR) is 42.1 cm³/mol. The van der Waals surface area contributed by atoms with Crippen LogP contribution < -0.4 is 5.32 Å². The number of hydrogen-bond acceptors (Lipinski definition) is 2. The molecule has 1 aromatic rings. The summed E-state index contributed by atoms with van der Waals surface area (Å²) >= 11 is 0. The minimum Gasteiger partial charge on any atom is -0.374 e. The molecule has 0 fully saturated rings. The van der Waals surface area contributed by atoms with Crippen molar-refractivity contribution in [1.82, 2.24) is 10.2 Å². The molecule has 0 saturated carbocycles. The fourth-order valence-electron chi connectivity index (χ4n) is 0.875. The van der Waals surface area contributed by atoms with E-state index in [0.29, 0.717) is 0 Å². The van der Waals surface area contributed by atoms with Gasteiger partial charge in [-0.3, -0.25) is 5.10 Å². The van der Waals surface area contributed by atoms with E-state index in [1.54, 1.807) is 0 Å². The number of rotatable bonds is 3. The van der Waals surface area contributed by atoms with Crippen LogP contribution in [0.4, 0.5) is 5.82 Å². The van der Waals surface area contributed by atoms with E-state index in [2.05, 4.69) is 22.4 Å². The van der Waals surface area contributed by atoms with Gasteiger partial charge in [-0.1, -0.05) is 13.3 Å². The zero-order chi connectivity index (χ0) is 7.40. The third-order valence-electron chi connectivity index (χ3n) is 1.41. The van der Waals surface area contributed by atoms with Crippen molar-refractivity contribution < 1.29 is 0 Å². The van der Waals surface area contributed by atoms with Crippen LogP contribution in [0, 0.1) is 0 Å². The largest absolute Gasteiger partial charge is 0.374 e. The second-order valence-corrected chi connectivity index (χ2v) is 2.27. The number of aryl methyl sites for hydroxylation is 1. The first-order valence-electron chi connectivity index (χ1n) is 3.59. The first-order chi connectivity index (χ1) is 4.86. The highest BCUT2D eigenvalue weighted by molar-refractivity contribution is 5.33. The first-order valence-corrected chi connectivity index (χ1v) is 3.59. The SMILES string of the molecule is CCCc1cc(NC)[nH]n1. The van der Waals surface area contributed by atoms with Crippen LogP contribution in [0.3, 0.4) is 0 Å². The van der Waals surface area contributed by atoms with E-state index >= 15 is 0 Å². The van der Waals surface area contributed by atoms with Gasteiger partial charge in [0, 0.05) is 13.1 Å². The molecule has 3 nitrogen and oxygen atoms in total. The number of H-pyrrole nitrogens is 1. The summed E-state index contributed by atoms with van der Waals surface area (Å²) in [5.74, 6) is 0.989. The summed E-state index contributed by atoms with van der Waals surface area (Å²) in [6.07, 6.45) is 2.20. The lowest BCUT2D eigenvalue weighted by molar-refractivity contribution is 0.867. The maximum absolute atomic E-state index is 4.09. The lowest BCUT2D eigenvalue weighted by atomic mass is 10.2. The Morgan fingerprint density at radius 3 is 3.00 bits per heavy atom. The highest BCUT2D eigenvalue weighted by Crippen LogP contribution is 2.05. The molecule has 3 heteroatoms. The monoisotopic (exact) mass is 139 g/mol. The molecule has 10 heavy (non-hydrogen) atoms. The van der Waals surface area contributed by atoms with Gasteiger partial charge in [-0.05, 0) is 6.42 Å². The molecule has 0 aliphatic carbocycles. The van der Waals surface area contributed by atoms with Gasteiger partial charge in [0.2, 0.25) is 0 Å². The fraction of sp³-hybridized carbons (Fsp3) is 0.571. The molecule has 0 unspecified atom stereocenters. The summed E-state index contributed by atoms with van der Waals surface area (Å²) < 4.78 is 0. The Balaban J connectivity index is 2.59. The summed E-state index contributed by atoms with van der Waals surface area (Å²) in [5.41, 5.74) is 1.13. The number of nitrogens with one attached hydrogen (secondary N) is 2. The van der Waals surface area contributed by atoms with Crippen LogP contribution in [-0.4, -0.2) is 17.2 Å². The third kappa shape index (κ3) is 1.50. The Kier molecular flexibility index (Phi) is 2.31. The third-order valence-corrected chi connectivity index (χ3v) is 1.41. The van der Waals surface area contributed by atoms with Gasteiger partial charge >= 0.3 is 0 Å². The summed E-state index contributed by atoms with van der Waals surface area (Å²) in [6, 6.07) is 2.03. The Bertz CT molecular complexity index is 192. The van der Waals surface area contributed by atoms with Crippen LogP contribution in [0.1, 0.15) is 19.0 Å². The van der Waals surface area contributed by atoms with Gasteiger partial charge in [-0.25, -0.2) is 0 Å². The van der Waals surface area contributed by atoms with Gasteiger partial charge in [-0.15, -0.1) is 0 Å². The van der Waals surface area contributed by atoms with Crippen LogP contribution in [0.2, 0.25) is 0 Å². The molecule has 0 radical (unpaired) electrons. The molecule has 0 amide bonds. The van der Waals surface area contributed by atoms with E-state index in [-0.39, 0.29) is 0 Å². The maximum Gasteiger partial charge on any atom is 0.121 e. The Hall–Kier alpha value is -0.990. The molecule has 0 aliphatic rings. The van der Waals surface area contributed by atoms with E-state index < -0.39 is 0 Å². The molecule has 1 rings (SSSR count). The Morgan fingerprint density at radius 1 is 1.70 bits per heavy atom. The topological polar surface area (TPSA) is 40.7 Å². The van der Waals surface area contributed by atoms with Crippen LogP contribution >= 0.6 is 0 Å². The molecular formula is C7H13N3. The van der Waals surface area contributed by atoms with E-state index in [1.807, 2.05) is 13.1 Å². The lowest BCUT2D eigenvalue weighted by Crippen LogP contribution is -1.85. The van der Waals surface area contributed by atoms with Crippen molar-refractivity contribution in [3.63, 3.8) is 0 Å². The molecule has 1 heterocycles. The number of hydrogen-bond donors (Lipinski definition) is 2. The average molecular weight is 139 g/mol. The summed E-state index contributed by atoms with van der Waals surface area (Å²) in [7, 11) is 1.88. The maximum atomic E-state index is 4.09. The van der Waals surface area contributed by atoms with Gasteiger partial charge in [0.05, 0.1) is 5.69 Å². The number of anilines is 1. The minimum absolute atomic E-state index is 0.989. The molecule has 0 spiro atoms. The second kappa shape index (κ2) is 3.25. The van der Waals surface area contributed by atoms with Crippen molar-refractivity contribution in [2.24, 2.45) is 0 Å². The van der Waals surface area contributed by atoms with Crippen LogP contribution in [0.5, 0.6) is 0 Å². The molecule has 0 saturated heterocycles. The normalized spacial score (nSPS) is 9.80. The second-order valence-electron chi connectivity index (χ2n) is 2.27. The summed E-state index contributed by atoms with van der Waals surface area (Å²) in [5, 5.41) is 9.96. The molecular weight excluding hydrogens is 126 g/mol.